The fraction of sp³-hybridized carbons (Fsp3) is 0. The Morgan fingerprint density at radius 2 is 1.32 bits per heavy atom. The fourth-order valence-corrected chi connectivity index (χ4v) is 4.74. The van der Waals surface area contributed by atoms with E-state index in [1.54, 1.807) is 6.07 Å². The lowest BCUT2D eigenvalue weighted by Gasteiger charge is -2.16. The Labute approximate surface area is 160 Å². The van der Waals surface area contributed by atoms with E-state index in [1.807, 2.05) is 36.4 Å². The van der Waals surface area contributed by atoms with Crippen LogP contribution in [-0.4, -0.2) is 9.79 Å². The zero-order valence-electron chi connectivity index (χ0n) is 14.6. The molecule has 0 aliphatic rings. The van der Waals surface area contributed by atoms with Crippen LogP contribution in [0.3, 0.4) is 0 Å². The molecule has 2 N–H and O–H groups in total. The Hall–Kier alpha value is -3.22. The van der Waals surface area contributed by atoms with Crippen LogP contribution in [0.5, 0.6) is 0 Å². The van der Waals surface area contributed by atoms with Crippen molar-refractivity contribution in [1.82, 2.24) is 0 Å². The van der Waals surface area contributed by atoms with Crippen molar-refractivity contribution >= 4 is 56.3 Å². The highest BCUT2D eigenvalue weighted by atomic mass is 31.2. The van der Waals surface area contributed by atoms with Crippen LogP contribution < -0.4 is 0 Å². The largest absolute Gasteiger partial charge is 0.350 e. The van der Waals surface area contributed by atoms with Crippen molar-refractivity contribution in [2.24, 2.45) is 0 Å². The van der Waals surface area contributed by atoms with Crippen LogP contribution in [0, 0.1) is 11.3 Å². The van der Waals surface area contributed by atoms with Gasteiger partial charge >= 0.3 is 7.60 Å². The second-order valence-electron chi connectivity index (χ2n) is 6.84. The molecule has 5 heteroatoms. The van der Waals surface area contributed by atoms with E-state index in [1.165, 1.54) is 10.8 Å². The molecule has 0 aromatic heterocycles. The number of allylic oxidation sites excluding steroid dienone is 1. The minimum absolute atomic E-state index is 0.0194. The maximum Gasteiger partial charge on any atom is 0.350 e. The summed E-state index contributed by atoms with van der Waals surface area (Å²) in [6, 6.07) is 24.0. The second kappa shape index (κ2) is 5.89. The van der Waals surface area contributed by atoms with E-state index in [-0.39, 0.29) is 5.57 Å². The summed E-state index contributed by atoms with van der Waals surface area (Å²) in [5, 5.41) is 18.1. The Morgan fingerprint density at radius 1 is 0.786 bits per heavy atom. The maximum absolute atomic E-state index is 11.5. The molecule has 5 rings (SSSR count). The molecule has 0 radical (unpaired) electrons. The predicted molar refractivity (Wildman–Crippen MR) is 113 cm³/mol. The van der Waals surface area contributed by atoms with Gasteiger partial charge in [-0.2, -0.15) is 5.26 Å². The smallest absolute Gasteiger partial charge is 0.321 e. The Kier molecular flexibility index (Phi) is 3.56. The summed E-state index contributed by atoms with van der Waals surface area (Å²) >= 11 is 0. The van der Waals surface area contributed by atoms with E-state index in [9.17, 15) is 19.6 Å². The van der Waals surface area contributed by atoms with E-state index in [0.29, 0.717) is 5.56 Å². The van der Waals surface area contributed by atoms with E-state index < -0.39 is 7.60 Å². The van der Waals surface area contributed by atoms with Crippen molar-refractivity contribution in [3.63, 3.8) is 0 Å². The van der Waals surface area contributed by atoms with Gasteiger partial charge in [0.2, 0.25) is 0 Å². The van der Waals surface area contributed by atoms with Gasteiger partial charge in [-0.15, -0.1) is 0 Å². The van der Waals surface area contributed by atoms with E-state index in [2.05, 4.69) is 30.3 Å². The van der Waals surface area contributed by atoms with Gasteiger partial charge in [0.1, 0.15) is 6.07 Å². The SMILES string of the molecule is N#C/C(=C\P(=O)(O)O)c1ccc2c3cccc4cccc(c5cccc1c52)c43. The molecule has 0 atom stereocenters. The lowest BCUT2D eigenvalue weighted by Crippen LogP contribution is -1.91. The van der Waals surface area contributed by atoms with Crippen molar-refractivity contribution in [3.05, 3.63) is 78.1 Å². The van der Waals surface area contributed by atoms with Gasteiger partial charge in [0.25, 0.3) is 0 Å². The molecule has 0 heterocycles. The molecule has 0 saturated heterocycles. The summed E-state index contributed by atoms with van der Waals surface area (Å²) in [5.41, 5.74) is 0.507. The fourth-order valence-electron chi connectivity index (χ4n) is 4.21. The first-order chi connectivity index (χ1) is 13.5. The van der Waals surface area contributed by atoms with Crippen LogP contribution in [0.4, 0.5) is 0 Å². The lowest BCUT2D eigenvalue weighted by molar-refractivity contribution is 0.386. The molecule has 0 unspecified atom stereocenters. The summed E-state index contributed by atoms with van der Waals surface area (Å²) in [4.78, 5) is 18.7. The summed E-state index contributed by atoms with van der Waals surface area (Å²) in [7, 11) is -4.47. The summed E-state index contributed by atoms with van der Waals surface area (Å²) < 4.78 is 11.5. The molecular formula is C23H14NO3P. The molecule has 0 amide bonds. The Morgan fingerprint density at radius 3 is 1.93 bits per heavy atom. The number of fused-ring (bicyclic) bond motifs is 2. The first-order valence-electron chi connectivity index (χ1n) is 8.75. The number of nitriles is 1. The Balaban J connectivity index is 2.02. The van der Waals surface area contributed by atoms with E-state index in [4.69, 9.17) is 0 Å². The molecule has 5 aromatic carbocycles. The normalized spacial score (nSPS) is 13.0. The van der Waals surface area contributed by atoms with Gasteiger partial charge in [0, 0.05) is 11.4 Å². The van der Waals surface area contributed by atoms with Crippen molar-refractivity contribution in [3.8, 4) is 6.07 Å². The van der Waals surface area contributed by atoms with Gasteiger partial charge in [-0.3, -0.25) is 4.57 Å². The van der Waals surface area contributed by atoms with E-state index >= 15 is 0 Å². The number of hydrogen-bond acceptors (Lipinski definition) is 2. The second-order valence-corrected chi connectivity index (χ2v) is 8.28. The molecule has 28 heavy (non-hydrogen) atoms. The topological polar surface area (TPSA) is 81.3 Å². The van der Waals surface area contributed by atoms with Crippen LogP contribution in [0.2, 0.25) is 0 Å². The van der Waals surface area contributed by atoms with Crippen molar-refractivity contribution in [1.29, 1.82) is 5.26 Å². The average molecular weight is 383 g/mol. The minimum atomic E-state index is -4.47. The van der Waals surface area contributed by atoms with Crippen LogP contribution in [0.25, 0.3) is 48.7 Å². The number of rotatable bonds is 2. The molecule has 0 fully saturated rings. The minimum Gasteiger partial charge on any atom is -0.321 e. The van der Waals surface area contributed by atoms with Crippen molar-refractivity contribution < 1.29 is 14.4 Å². The van der Waals surface area contributed by atoms with Gasteiger partial charge in [-0.1, -0.05) is 66.7 Å². The lowest BCUT2D eigenvalue weighted by atomic mass is 9.87. The summed E-state index contributed by atoms with van der Waals surface area (Å²) in [5.74, 6) is 0.745. The molecule has 0 bridgehead atoms. The molecule has 4 nitrogen and oxygen atoms in total. The van der Waals surface area contributed by atoms with Gasteiger partial charge in [-0.25, -0.2) is 0 Å². The number of hydrogen-bond donors (Lipinski definition) is 2. The molecule has 0 aliphatic carbocycles. The highest BCUT2D eigenvalue weighted by Crippen LogP contribution is 2.44. The molecule has 0 spiro atoms. The van der Waals surface area contributed by atoms with Gasteiger partial charge in [0.15, 0.2) is 0 Å². The summed E-state index contributed by atoms with van der Waals surface area (Å²) in [6.45, 7) is 0. The highest BCUT2D eigenvalue weighted by Gasteiger charge is 2.18. The predicted octanol–water partition coefficient (Wildman–Crippen LogP) is 5.78. The van der Waals surface area contributed by atoms with Crippen molar-refractivity contribution in [2.45, 2.75) is 0 Å². The van der Waals surface area contributed by atoms with E-state index in [0.717, 1.165) is 38.1 Å². The third kappa shape index (κ3) is 2.42. The van der Waals surface area contributed by atoms with Crippen LogP contribution in [0.1, 0.15) is 5.56 Å². The summed E-state index contributed by atoms with van der Waals surface area (Å²) in [6.07, 6.45) is 0. The monoisotopic (exact) mass is 383 g/mol. The standard InChI is InChI=1S/C23H14NO3P/c24-12-15(13-28(25,26)27)16-10-11-21-19-7-2-5-14-4-1-6-18(22(14)19)20-9-3-8-17(16)23(20)21/h1-11,13H,(H2,25,26,27)/b15-13+. The van der Waals surface area contributed by atoms with Gasteiger partial charge < -0.3 is 9.79 Å². The zero-order chi connectivity index (χ0) is 19.5. The first kappa shape index (κ1) is 16.9. The average Bonchev–Trinajstić information content (AvgIpc) is 2.69. The molecular weight excluding hydrogens is 369 g/mol. The molecule has 0 aliphatic heterocycles. The van der Waals surface area contributed by atoms with Gasteiger partial charge in [0.05, 0.1) is 5.57 Å². The third-order valence-corrected chi connectivity index (χ3v) is 5.83. The van der Waals surface area contributed by atoms with Crippen LogP contribution in [0.15, 0.2) is 72.5 Å². The maximum atomic E-state index is 11.5. The quantitative estimate of drug-likeness (QED) is 0.175. The van der Waals surface area contributed by atoms with Crippen LogP contribution >= 0.6 is 7.60 Å². The molecule has 134 valence electrons. The molecule has 0 saturated carbocycles. The van der Waals surface area contributed by atoms with Crippen molar-refractivity contribution in [2.75, 3.05) is 0 Å². The zero-order valence-corrected chi connectivity index (χ0v) is 15.5. The highest BCUT2D eigenvalue weighted by molar-refractivity contribution is 7.55. The molecule has 5 aromatic rings. The Bertz CT molecular complexity index is 1470. The van der Waals surface area contributed by atoms with Crippen LogP contribution in [-0.2, 0) is 4.57 Å². The first-order valence-corrected chi connectivity index (χ1v) is 10.4. The third-order valence-electron chi connectivity index (χ3n) is 5.23. The van der Waals surface area contributed by atoms with Gasteiger partial charge in [-0.05, 0) is 43.1 Å². The number of benzene rings is 5. The number of nitrogens with zero attached hydrogens (tertiary/aromatic N) is 1.